The minimum absolute atomic E-state index is 0.0173. The van der Waals surface area contributed by atoms with Crippen LogP contribution in [0.2, 0.25) is 5.02 Å². The molecule has 19 heavy (non-hydrogen) atoms. The summed E-state index contributed by atoms with van der Waals surface area (Å²) in [4.78, 5) is 0. The predicted molar refractivity (Wildman–Crippen MR) is 74.1 cm³/mol. The quantitative estimate of drug-likeness (QED) is 0.729. The minimum atomic E-state index is -3.62. The average Bonchev–Trinajstić information content (AvgIpc) is 3.10. The average molecular weight is 301 g/mol. The van der Waals surface area contributed by atoms with Gasteiger partial charge in [-0.15, -0.1) is 0 Å². The molecule has 0 radical (unpaired) electrons. The highest BCUT2D eigenvalue weighted by molar-refractivity contribution is 7.90. The van der Waals surface area contributed by atoms with Crippen molar-refractivity contribution in [2.75, 3.05) is 11.3 Å². The van der Waals surface area contributed by atoms with Crippen molar-refractivity contribution in [2.45, 2.75) is 18.9 Å². The van der Waals surface area contributed by atoms with Crippen LogP contribution in [0, 0.1) is 11.8 Å². The molecule has 0 heterocycles. The van der Waals surface area contributed by atoms with Gasteiger partial charge in [0.15, 0.2) is 0 Å². The van der Waals surface area contributed by atoms with Crippen molar-refractivity contribution in [3.05, 3.63) is 28.8 Å². The molecule has 1 aromatic rings. The van der Waals surface area contributed by atoms with Gasteiger partial charge >= 0.3 is 0 Å². The Kier molecular flexibility index (Phi) is 4.32. The summed E-state index contributed by atoms with van der Waals surface area (Å²) < 4.78 is 28.6. The third-order valence-electron chi connectivity index (χ3n) is 2.43. The molecule has 1 aromatic carbocycles. The van der Waals surface area contributed by atoms with E-state index in [9.17, 15) is 8.42 Å². The Morgan fingerprint density at radius 2 is 2.16 bits per heavy atom. The van der Waals surface area contributed by atoms with Crippen molar-refractivity contribution >= 4 is 27.5 Å². The second kappa shape index (κ2) is 5.80. The molecule has 0 aromatic heterocycles. The largest absolute Gasteiger partial charge is 0.384 e. The second-order valence-corrected chi connectivity index (χ2v) is 6.03. The molecule has 0 spiro atoms. The first-order valence-electron chi connectivity index (χ1n) is 5.69. The van der Waals surface area contributed by atoms with E-state index in [0.29, 0.717) is 16.3 Å². The highest BCUT2D eigenvalue weighted by Crippen LogP contribution is 2.23. The third-order valence-corrected chi connectivity index (χ3v) is 3.79. The Morgan fingerprint density at radius 3 is 2.79 bits per heavy atom. The Hall–Kier alpha value is -1.26. The highest BCUT2D eigenvalue weighted by Gasteiger charge is 2.27. The summed E-state index contributed by atoms with van der Waals surface area (Å²) in [5, 5.41) is 9.08. The van der Waals surface area contributed by atoms with Gasteiger partial charge in [-0.1, -0.05) is 23.4 Å². The minimum Gasteiger partial charge on any atom is -0.384 e. The van der Waals surface area contributed by atoms with Crippen LogP contribution in [-0.2, 0) is 10.2 Å². The van der Waals surface area contributed by atoms with E-state index in [1.54, 1.807) is 12.1 Å². The van der Waals surface area contributed by atoms with E-state index in [1.165, 1.54) is 6.07 Å². The maximum Gasteiger partial charge on any atom is 0.299 e. The van der Waals surface area contributed by atoms with Gasteiger partial charge in [-0.2, -0.15) is 13.1 Å². The first-order chi connectivity index (χ1) is 9.00. The van der Waals surface area contributed by atoms with Gasteiger partial charge in [0.25, 0.3) is 10.2 Å². The molecule has 0 aliphatic heterocycles. The van der Waals surface area contributed by atoms with Crippen LogP contribution in [-0.4, -0.2) is 26.2 Å². The third kappa shape index (κ3) is 4.40. The summed E-state index contributed by atoms with van der Waals surface area (Å²) in [5.41, 5.74) is 0.751. The van der Waals surface area contributed by atoms with Crippen molar-refractivity contribution in [1.29, 1.82) is 0 Å². The van der Waals surface area contributed by atoms with Gasteiger partial charge in [0.1, 0.15) is 6.61 Å². The highest BCUT2D eigenvalue weighted by atomic mass is 35.5. The molecule has 2 rings (SSSR count). The van der Waals surface area contributed by atoms with Crippen LogP contribution < -0.4 is 9.44 Å². The second-order valence-electron chi connectivity index (χ2n) is 4.15. The smallest absolute Gasteiger partial charge is 0.299 e. The number of aliphatic hydroxyl groups excluding tert-OH is 1. The fraction of sp³-hybridized carbons (Fsp3) is 0.333. The molecule has 3 N–H and O–H groups in total. The molecule has 0 unspecified atom stereocenters. The van der Waals surface area contributed by atoms with Crippen molar-refractivity contribution in [3.8, 4) is 11.8 Å². The van der Waals surface area contributed by atoms with E-state index in [-0.39, 0.29) is 12.6 Å². The lowest BCUT2D eigenvalue weighted by atomic mass is 10.2. The molecular weight excluding hydrogens is 288 g/mol. The van der Waals surface area contributed by atoms with Gasteiger partial charge in [-0.3, -0.25) is 4.72 Å². The predicted octanol–water partition coefficient (Wildman–Crippen LogP) is 1.09. The maximum absolute atomic E-state index is 11.8. The standard InChI is InChI=1S/C12H13ClN2O3S/c13-10-4-3-9(2-1-7-16)12(8-10)15-19(17,18)14-11-5-6-11/h3-4,8,11,14-16H,5-7H2. The summed E-state index contributed by atoms with van der Waals surface area (Å²) in [5.74, 6) is 5.14. The van der Waals surface area contributed by atoms with Gasteiger partial charge in [-0.25, -0.2) is 0 Å². The van der Waals surface area contributed by atoms with Crippen molar-refractivity contribution in [1.82, 2.24) is 4.72 Å². The first-order valence-corrected chi connectivity index (χ1v) is 7.55. The molecule has 1 fully saturated rings. The number of rotatable bonds is 4. The molecule has 5 nitrogen and oxygen atoms in total. The van der Waals surface area contributed by atoms with Gasteiger partial charge in [-0.05, 0) is 31.0 Å². The monoisotopic (exact) mass is 300 g/mol. The van der Waals surface area contributed by atoms with Crippen LogP contribution in [0.15, 0.2) is 18.2 Å². The zero-order valence-electron chi connectivity index (χ0n) is 9.98. The molecule has 0 bridgehead atoms. The molecule has 0 saturated heterocycles. The summed E-state index contributed by atoms with van der Waals surface area (Å²) >= 11 is 5.84. The van der Waals surface area contributed by atoms with Crippen LogP contribution >= 0.6 is 11.6 Å². The molecule has 0 amide bonds. The van der Waals surface area contributed by atoms with E-state index in [0.717, 1.165) is 12.8 Å². The molecule has 1 saturated carbocycles. The van der Waals surface area contributed by atoms with Crippen LogP contribution in [0.1, 0.15) is 18.4 Å². The Balaban J connectivity index is 2.24. The number of hydrogen-bond acceptors (Lipinski definition) is 3. The number of nitrogens with one attached hydrogen (secondary N) is 2. The lowest BCUT2D eigenvalue weighted by Gasteiger charge is -2.10. The number of halogens is 1. The van der Waals surface area contributed by atoms with Gasteiger partial charge in [0.05, 0.1) is 5.69 Å². The van der Waals surface area contributed by atoms with Crippen LogP contribution in [0.25, 0.3) is 0 Å². The van der Waals surface area contributed by atoms with Crippen molar-refractivity contribution in [3.63, 3.8) is 0 Å². The fourth-order valence-corrected chi connectivity index (χ4v) is 2.80. The summed E-state index contributed by atoms with van der Waals surface area (Å²) in [7, 11) is -3.62. The zero-order chi connectivity index (χ0) is 13.9. The lowest BCUT2D eigenvalue weighted by Crippen LogP contribution is -2.32. The number of aliphatic hydroxyl groups is 1. The van der Waals surface area contributed by atoms with Crippen molar-refractivity contribution < 1.29 is 13.5 Å². The fourth-order valence-electron chi connectivity index (χ4n) is 1.44. The molecule has 7 heteroatoms. The molecule has 1 aliphatic rings. The van der Waals surface area contributed by atoms with Gasteiger partial charge in [0.2, 0.25) is 0 Å². The van der Waals surface area contributed by atoms with Gasteiger partial charge < -0.3 is 5.11 Å². The zero-order valence-corrected chi connectivity index (χ0v) is 11.6. The number of benzene rings is 1. The maximum atomic E-state index is 11.8. The summed E-state index contributed by atoms with van der Waals surface area (Å²) in [6.45, 7) is -0.296. The Labute approximate surface area is 117 Å². The summed E-state index contributed by atoms with van der Waals surface area (Å²) in [6, 6.07) is 4.70. The van der Waals surface area contributed by atoms with Crippen molar-refractivity contribution in [2.24, 2.45) is 0 Å². The molecule has 1 aliphatic carbocycles. The lowest BCUT2D eigenvalue weighted by molar-refractivity contribution is 0.350. The van der Waals surface area contributed by atoms with Gasteiger partial charge in [0, 0.05) is 16.6 Å². The number of anilines is 1. The Bertz CT molecular complexity index is 630. The van der Waals surface area contributed by atoms with E-state index in [1.807, 2.05) is 0 Å². The van der Waals surface area contributed by atoms with Crippen LogP contribution in [0.3, 0.4) is 0 Å². The molecule has 102 valence electrons. The topological polar surface area (TPSA) is 78.4 Å². The van der Waals surface area contributed by atoms with Crippen LogP contribution in [0.4, 0.5) is 5.69 Å². The Morgan fingerprint density at radius 1 is 1.42 bits per heavy atom. The van der Waals surface area contributed by atoms with E-state index >= 15 is 0 Å². The SMILES string of the molecule is O=S(=O)(Nc1cc(Cl)ccc1C#CCO)NC1CC1. The van der Waals surface area contributed by atoms with Crippen LogP contribution in [0.5, 0.6) is 0 Å². The van der Waals surface area contributed by atoms with E-state index in [4.69, 9.17) is 16.7 Å². The normalized spacial score (nSPS) is 14.6. The molecular formula is C12H13ClN2O3S. The van der Waals surface area contributed by atoms with E-state index < -0.39 is 10.2 Å². The first kappa shape index (κ1) is 14.2. The number of hydrogen-bond donors (Lipinski definition) is 3. The molecule has 0 atom stereocenters. The summed E-state index contributed by atoms with van der Waals surface area (Å²) in [6.07, 6.45) is 1.71. The van der Waals surface area contributed by atoms with E-state index in [2.05, 4.69) is 21.3 Å².